The Labute approximate surface area is 271 Å². The highest BCUT2D eigenvalue weighted by Gasteiger charge is 2.18. The molecule has 0 atom stereocenters. The third kappa shape index (κ3) is 4.93. The van der Waals surface area contributed by atoms with E-state index in [2.05, 4.69) is 84.9 Å². The van der Waals surface area contributed by atoms with Crippen LogP contribution in [-0.4, -0.2) is 15.0 Å². The summed E-state index contributed by atoms with van der Waals surface area (Å²) in [5.74, 6) is 1.87. The molecule has 0 aliphatic rings. The lowest BCUT2D eigenvalue weighted by atomic mass is 9.96. The highest BCUT2D eigenvalue weighted by Crippen LogP contribution is 2.39. The molecular formula is C43H27N3O. The largest absolute Gasteiger partial charge is 0.456 e. The van der Waals surface area contributed by atoms with Gasteiger partial charge < -0.3 is 4.42 Å². The second kappa shape index (κ2) is 11.2. The van der Waals surface area contributed by atoms with Gasteiger partial charge >= 0.3 is 0 Å². The third-order valence-corrected chi connectivity index (χ3v) is 8.72. The molecule has 0 N–H and O–H groups in total. The molecule has 0 bridgehead atoms. The van der Waals surface area contributed by atoms with Crippen LogP contribution in [-0.2, 0) is 0 Å². The van der Waals surface area contributed by atoms with Gasteiger partial charge in [0.05, 0.1) is 0 Å². The molecule has 9 aromatic rings. The van der Waals surface area contributed by atoms with Crippen molar-refractivity contribution < 1.29 is 4.42 Å². The fraction of sp³-hybridized carbons (Fsp3) is 0. The fourth-order valence-electron chi connectivity index (χ4n) is 6.36. The van der Waals surface area contributed by atoms with E-state index in [1.807, 2.05) is 78.9 Å². The Morgan fingerprint density at radius 1 is 0.340 bits per heavy atom. The van der Waals surface area contributed by atoms with Crippen molar-refractivity contribution in [3.05, 3.63) is 164 Å². The van der Waals surface area contributed by atoms with Crippen molar-refractivity contribution in [3.63, 3.8) is 0 Å². The van der Waals surface area contributed by atoms with E-state index in [4.69, 9.17) is 19.4 Å². The zero-order valence-corrected chi connectivity index (χ0v) is 25.3. The minimum absolute atomic E-state index is 0.608. The minimum atomic E-state index is 0.608. The lowest BCUT2D eigenvalue weighted by Gasteiger charge is -2.09. The maximum Gasteiger partial charge on any atom is 0.164 e. The van der Waals surface area contributed by atoms with E-state index >= 15 is 0 Å². The third-order valence-electron chi connectivity index (χ3n) is 8.72. The van der Waals surface area contributed by atoms with Gasteiger partial charge in [-0.2, -0.15) is 0 Å². The summed E-state index contributed by atoms with van der Waals surface area (Å²) in [4.78, 5) is 14.9. The van der Waals surface area contributed by atoms with Crippen LogP contribution in [0.1, 0.15) is 0 Å². The van der Waals surface area contributed by atoms with Gasteiger partial charge in [-0.25, -0.2) is 15.0 Å². The van der Waals surface area contributed by atoms with Gasteiger partial charge in [0, 0.05) is 27.5 Å². The number of benzene rings is 7. The summed E-state index contributed by atoms with van der Waals surface area (Å²) >= 11 is 0. The van der Waals surface area contributed by atoms with Gasteiger partial charge in [-0.1, -0.05) is 133 Å². The predicted octanol–water partition coefficient (Wildman–Crippen LogP) is 11.3. The summed E-state index contributed by atoms with van der Waals surface area (Å²) in [6.45, 7) is 0. The first kappa shape index (κ1) is 27.0. The molecule has 0 aliphatic carbocycles. The molecule has 7 aromatic carbocycles. The number of rotatable bonds is 5. The molecule has 0 aliphatic heterocycles. The van der Waals surface area contributed by atoms with E-state index in [0.717, 1.165) is 49.8 Å². The van der Waals surface area contributed by atoms with Gasteiger partial charge in [-0.3, -0.25) is 0 Å². The second-order valence-corrected chi connectivity index (χ2v) is 11.7. The fourth-order valence-corrected chi connectivity index (χ4v) is 6.36. The lowest BCUT2D eigenvalue weighted by Crippen LogP contribution is -2.00. The van der Waals surface area contributed by atoms with Crippen molar-refractivity contribution in [2.45, 2.75) is 0 Å². The highest BCUT2D eigenvalue weighted by atomic mass is 16.3. The Morgan fingerprint density at radius 3 is 1.47 bits per heavy atom. The van der Waals surface area contributed by atoms with E-state index < -0.39 is 0 Å². The van der Waals surface area contributed by atoms with Crippen molar-refractivity contribution >= 4 is 32.7 Å². The lowest BCUT2D eigenvalue weighted by molar-refractivity contribution is 0.669. The number of furan rings is 1. The Morgan fingerprint density at radius 2 is 0.851 bits per heavy atom. The Balaban J connectivity index is 1.19. The number of aromatic nitrogens is 3. The van der Waals surface area contributed by atoms with E-state index in [1.165, 1.54) is 21.9 Å². The zero-order chi connectivity index (χ0) is 31.2. The smallest absolute Gasteiger partial charge is 0.164 e. The first-order valence-corrected chi connectivity index (χ1v) is 15.7. The quantitative estimate of drug-likeness (QED) is 0.197. The first-order chi connectivity index (χ1) is 23.3. The van der Waals surface area contributed by atoms with Gasteiger partial charge in [-0.15, -0.1) is 0 Å². The normalized spacial score (nSPS) is 11.4. The van der Waals surface area contributed by atoms with Crippen molar-refractivity contribution in [1.82, 2.24) is 15.0 Å². The van der Waals surface area contributed by atoms with Crippen LogP contribution in [0.15, 0.2) is 168 Å². The molecule has 0 fully saturated rings. The van der Waals surface area contributed by atoms with E-state index in [1.54, 1.807) is 0 Å². The predicted molar refractivity (Wildman–Crippen MR) is 192 cm³/mol. The van der Waals surface area contributed by atoms with Crippen LogP contribution in [0.25, 0.3) is 89.1 Å². The molecule has 9 rings (SSSR count). The summed E-state index contributed by atoms with van der Waals surface area (Å²) < 4.78 is 6.39. The molecule has 220 valence electrons. The van der Waals surface area contributed by atoms with Crippen LogP contribution >= 0.6 is 0 Å². The molecule has 0 amide bonds. The van der Waals surface area contributed by atoms with Crippen LogP contribution in [0, 0.1) is 0 Å². The minimum Gasteiger partial charge on any atom is -0.456 e. The van der Waals surface area contributed by atoms with Crippen molar-refractivity contribution in [1.29, 1.82) is 0 Å². The van der Waals surface area contributed by atoms with Gasteiger partial charge in [0.1, 0.15) is 11.2 Å². The molecule has 4 nitrogen and oxygen atoms in total. The zero-order valence-electron chi connectivity index (χ0n) is 25.3. The van der Waals surface area contributed by atoms with Crippen molar-refractivity contribution in [2.24, 2.45) is 0 Å². The summed E-state index contributed by atoms with van der Waals surface area (Å²) in [6.07, 6.45) is 0. The second-order valence-electron chi connectivity index (χ2n) is 11.7. The van der Waals surface area contributed by atoms with Gasteiger partial charge in [-0.05, 0) is 63.4 Å². The van der Waals surface area contributed by atoms with E-state index in [9.17, 15) is 0 Å². The highest BCUT2D eigenvalue weighted by molar-refractivity contribution is 6.13. The molecule has 0 unspecified atom stereocenters. The standard InChI is InChI=1S/C43H27N3O/c1-4-11-28(12-5-1)31-19-20-33-26-34(22-21-32(33)25-31)35-23-24-38-37(27-35)40-36(17-10-18-39(40)47-38)43-45-41(29-13-6-2-7-14-29)44-42(46-43)30-15-8-3-9-16-30/h1-27H. The molecule has 2 aromatic heterocycles. The topological polar surface area (TPSA) is 51.8 Å². The maximum atomic E-state index is 6.39. The van der Waals surface area contributed by atoms with Crippen LogP contribution in [0.5, 0.6) is 0 Å². The molecule has 2 heterocycles. The maximum absolute atomic E-state index is 6.39. The van der Waals surface area contributed by atoms with Crippen molar-refractivity contribution in [2.75, 3.05) is 0 Å². The monoisotopic (exact) mass is 601 g/mol. The van der Waals surface area contributed by atoms with Crippen LogP contribution in [0.2, 0.25) is 0 Å². The van der Waals surface area contributed by atoms with E-state index in [0.29, 0.717) is 17.5 Å². The molecular weight excluding hydrogens is 574 g/mol. The molecule has 0 saturated carbocycles. The SMILES string of the molecule is c1ccc(-c2ccc3cc(-c4ccc5oc6cccc(-c7nc(-c8ccccc8)nc(-c8ccccc8)n7)c6c5c4)ccc3c2)cc1. The van der Waals surface area contributed by atoms with Gasteiger partial charge in [0.2, 0.25) is 0 Å². The Bertz CT molecular complexity index is 2500. The van der Waals surface area contributed by atoms with Crippen molar-refractivity contribution in [3.8, 4) is 56.4 Å². The summed E-state index contributed by atoms with van der Waals surface area (Å²) in [5.41, 5.74) is 9.10. The molecule has 0 radical (unpaired) electrons. The molecule has 0 saturated heterocycles. The molecule has 0 spiro atoms. The number of hydrogen-bond acceptors (Lipinski definition) is 4. The van der Waals surface area contributed by atoms with Gasteiger partial charge in [0.25, 0.3) is 0 Å². The van der Waals surface area contributed by atoms with E-state index in [-0.39, 0.29) is 0 Å². The summed E-state index contributed by atoms with van der Waals surface area (Å²) in [5, 5.41) is 4.43. The average Bonchev–Trinajstić information content (AvgIpc) is 3.53. The average molecular weight is 602 g/mol. The van der Waals surface area contributed by atoms with Crippen LogP contribution in [0.4, 0.5) is 0 Å². The van der Waals surface area contributed by atoms with Crippen LogP contribution in [0.3, 0.4) is 0 Å². The molecule has 4 heteroatoms. The van der Waals surface area contributed by atoms with Crippen LogP contribution < -0.4 is 0 Å². The Hall–Kier alpha value is -6.39. The number of fused-ring (bicyclic) bond motifs is 4. The summed E-state index contributed by atoms with van der Waals surface area (Å²) in [7, 11) is 0. The first-order valence-electron chi connectivity index (χ1n) is 15.7. The Kier molecular flexibility index (Phi) is 6.43. The number of hydrogen-bond donors (Lipinski definition) is 0. The number of nitrogens with zero attached hydrogens (tertiary/aromatic N) is 3. The van der Waals surface area contributed by atoms with Gasteiger partial charge in [0.15, 0.2) is 17.5 Å². The summed E-state index contributed by atoms with van der Waals surface area (Å²) in [6, 6.07) is 56.5. The molecule has 47 heavy (non-hydrogen) atoms.